The molecule has 0 amide bonds. The van der Waals surface area contributed by atoms with Gasteiger partial charge in [0.25, 0.3) is 0 Å². The maximum Gasteiger partial charge on any atom is 0.329 e. The van der Waals surface area contributed by atoms with E-state index in [1.54, 1.807) is 55.6 Å². The van der Waals surface area contributed by atoms with Gasteiger partial charge >= 0.3 is 5.97 Å². The molecule has 4 aromatic rings. The molecule has 4 rings (SSSR count). The lowest BCUT2D eigenvalue weighted by Gasteiger charge is -2.09. The fraction of sp³-hybridized carbons (Fsp3) is 0.267. The third kappa shape index (κ3) is 7.80. The van der Waals surface area contributed by atoms with Gasteiger partial charge in [0.1, 0.15) is 30.5 Å². The molecule has 0 radical (unpaired) electrons. The monoisotopic (exact) mass is 566 g/mol. The van der Waals surface area contributed by atoms with Gasteiger partial charge in [-0.05, 0) is 72.3 Å². The van der Waals surface area contributed by atoms with Crippen molar-refractivity contribution in [1.29, 1.82) is 0 Å². The summed E-state index contributed by atoms with van der Waals surface area (Å²) in [6.45, 7) is 1.60. The summed E-state index contributed by atoms with van der Waals surface area (Å²) >= 11 is 1.51. The molecule has 40 heavy (non-hydrogen) atoms. The second-order valence-corrected chi connectivity index (χ2v) is 9.64. The Morgan fingerprint density at radius 3 is 2.05 bits per heavy atom. The van der Waals surface area contributed by atoms with Crippen LogP contribution < -0.4 is 9.47 Å². The molecule has 0 bridgehead atoms. The molecular weight excluding hydrogens is 536 g/mol. The highest BCUT2D eigenvalue weighted by atomic mass is 32.1. The maximum absolute atomic E-state index is 13.7. The molecule has 9 nitrogen and oxygen atoms in total. The summed E-state index contributed by atoms with van der Waals surface area (Å²) in [6, 6.07) is 19.5. The van der Waals surface area contributed by atoms with Crippen molar-refractivity contribution in [2.24, 2.45) is 0 Å². The average molecular weight is 567 g/mol. The zero-order chi connectivity index (χ0) is 28.3. The predicted molar refractivity (Wildman–Crippen MR) is 151 cm³/mol. The molecule has 0 saturated heterocycles. The van der Waals surface area contributed by atoms with E-state index in [0.717, 1.165) is 20.5 Å². The van der Waals surface area contributed by atoms with Crippen molar-refractivity contribution in [2.45, 2.75) is 0 Å². The van der Waals surface area contributed by atoms with E-state index in [4.69, 9.17) is 28.8 Å². The number of thiophene rings is 1. The van der Waals surface area contributed by atoms with Crippen molar-refractivity contribution < 1.29 is 43.5 Å². The van der Waals surface area contributed by atoms with E-state index in [0.29, 0.717) is 55.7 Å². The number of ketones is 1. The molecule has 3 aromatic carbocycles. The van der Waals surface area contributed by atoms with Gasteiger partial charge < -0.3 is 33.9 Å². The van der Waals surface area contributed by atoms with E-state index in [1.165, 1.54) is 11.3 Å². The minimum atomic E-state index is -1.01. The highest BCUT2D eigenvalue weighted by Gasteiger charge is 2.22. The molecule has 0 aliphatic heterocycles. The van der Waals surface area contributed by atoms with Crippen molar-refractivity contribution >= 4 is 33.2 Å². The van der Waals surface area contributed by atoms with Gasteiger partial charge in [-0.1, -0.05) is 0 Å². The molecule has 1 aromatic heterocycles. The van der Waals surface area contributed by atoms with E-state index in [-0.39, 0.29) is 24.7 Å². The maximum atomic E-state index is 13.7. The number of fused-ring (bicyclic) bond motifs is 1. The second kappa shape index (κ2) is 14.4. The zero-order valence-corrected chi connectivity index (χ0v) is 22.8. The SMILES string of the molecule is COc1ccc2c(C(=O)c3ccc(OCCOCCOCCOCC(=O)O)cc3)c(-c3ccc(O)cc3)sc2c1. The van der Waals surface area contributed by atoms with Crippen molar-refractivity contribution in [2.75, 3.05) is 53.4 Å². The molecule has 0 atom stereocenters. The van der Waals surface area contributed by atoms with Crippen molar-refractivity contribution in [3.05, 3.63) is 77.9 Å². The minimum Gasteiger partial charge on any atom is -0.508 e. The summed E-state index contributed by atoms with van der Waals surface area (Å²) in [5, 5.41) is 19.1. The Kier molecular flexibility index (Phi) is 10.5. The highest BCUT2D eigenvalue weighted by molar-refractivity contribution is 7.22. The van der Waals surface area contributed by atoms with E-state index >= 15 is 0 Å². The smallest absolute Gasteiger partial charge is 0.329 e. The molecule has 210 valence electrons. The third-order valence-electron chi connectivity index (χ3n) is 5.84. The number of aromatic hydroxyl groups is 1. The van der Waals surface area contributed by atoms with Gasteiger partial charge in [-0.25, -0.2) is 4.79 Å². The van der Waals surface area contributed by atoms with Gasteiger partial charge in [0, 0.05) is 26.1 Å². The fourth-order valence-corrected chi connectivity index (χ4v) is 5.14. The Balaban J connectivity index is 1.33. The minimum absolute atomic E-state index is 0.109. The first-order valence-corrected chi connectivity index (χ1v) is 13.4. The summed E-state index contributed by atoms with van der Waals surface area (Å²) in [5.74, 6) is 0.370. The lowest BCUT2D eigenvalue weighted by atomic mass is 9.97. The number of hydrogen-bond acceptors (Lipinski definition) is 9. The van der Waals surface area contributed by atoms with Crippen LogP contribution in [-0.2, 0) is 19.0 Å². The largest absolute Gasteiger partial charge is 0.508 e. The van der Waals surface area contributed by atoms with E-state index in [2.05, 4.69) is 0 Å². The molecule has 0 saturated carbocycles. The number of carboxylic acids is 1. The van der Waals surface area contributed by atoms with Crippen LogP contribution in [0.3, 0.4) is 0 Å². The summed E-state index contributed by atoms with van der Waals surface area (Å²) in [6.07, 6.45) is 0. The van der Waals surface area contributed by atoms with Gasteiger partial charge in [0.2, 0.25) is 0 Å². The molecular formula is C30H30O9S. The van der Waals surface area contributed by atoms with Crippen LogP contribution in [0.4, 0.5) is 0 Å². The Morgan fingerprint density at radius 1 is 0.775 bits per heavy atom. The van der Waals surface area contributed by atoms with Crippen LogP contribution in [0.15, 0.2) is 66.7 Å². The normalized spacial score (nSPS) is 11.0. The van der Waals surface area contributed by atoms with Crippen LogP contribution in [0, 0.1) is 0 Å². The zero-order valence-electron chi connectivity index (χ0n) is 22.0. The van der Waals surface area contributed by atoms with Crippen LogP contribution in [0.2, 0.25) is 0 Å². The molecule has 0 unspecified atom stereocenters. The number of aliphatic carboxylic acids is 1. The van der Waals surface area contributed by atoms with E-state index < -0.39 is 5.97 Å². The van der Waals surface area contributed by atoms with Crippen LogP contribution in [-0.4, -0.2) is 75.3 Å². The standard InChI is InChI=1S/C30H30O9S/c1-35-24-10-11-25-26(18-24)40-30(21-2-6-22(31)7-3-21)28(25)29(34)20-4-8-23(9-5-20)39-17-16-37-13-12-36-14-15-38-19-27(32)33/h2-11,18,31H,12-17,19H2,1H3,(H,32,33). The van der Waals surface area contributed by atoms with Gasteiger partial charge in [-0.15, -0.1) is 11.3 Å². The van der Waals surface area contributed by atoms with Gasteiger partial charge in [0.15, 0.2) is 5.78 Å². The van der Waals surface area contributed by atoms with Crippen LogP contribution in [0.25, 0.3) is 20.5 Å². The number of benzene rings is 3. The number of ether oxygens (including phenoxy) is 5. The molecule has 10 heteroatoms. The summed E-state index contributed by atoms with van der Waals surface area (Å²) in [7, 11) is 1.61. The lowest BCUT2D eigenvalue weighted by molar-refractivity contribution is -0.142. The first-order valence-electron chi connectivity index (χ1n) is 12.6. The first kappa shape index (κ1) is 29.0. The Bertz CT molecular complexity index is 1410. The fourth-order valence-electron chi connectivity index (χ4n) is 3.91. The summed E-state index contributed by atoms with van der Waals surface area (Å²) in [5.41, 5.74) is 1.98. The van der Waals surface area contributed by atoms with Crippen molar-refractivity contribution in [3.63, 3.8) is 0 Å². The van der Waals surface area contributed by atoms with Crippen molar-refractivity contribution in [3.8, 4) is 27.7 Å². The second-order valence-electron chi connectivity index (χ2n) is 8.59. The summed E-state index contributed by atoms with van der Waals surface area (Å²) in [4.78, 5) is 24.9. The van der Waals surface area contributed by atoms with Crippen LogP contribution in [0.5, 0.6) is 17.2 Å². The van der Waals surface area contributed by atoms with Crippen LogP contribution >= 0.6 is 11.3 Å². The van der Waals surface area contributed by atoms with Crippen molar-refractivity contribution in [1.82, 2.24) is 0 Å². The van der Waals surface area contributed by atoms with E-state index in [1.807, 2.05) is 18.2 Å². The number of carbonyl (C=O) groups excluding carboxylic acids is 1. The molecule has 0 aliphatic rings. The Labute approximate surface area is 235 Å². The molecule has 0 aliphatic carbocycles. The highest BCUT2D eigenvalue weighted by Crippen LogP contribution is 2.41. The topological polar surface area (TPSA) is 121 Å². The first-order chi connectivity index (χ1) is 19.5. The number of hydrogen-bond donors (Lipinski definition) is 2. The molecule has 0 spiro atoms. The Morgan fingerprint density at radius 2 is 1.40 bits per heavy atom. The van der Waals surface area contributed by atoms with Crippen LogP contribution in [0.1, 0.15) is 15.9 Å². The van der Waals surface area contributed by atoms with E-state index in [9.17, 15) is 14.7 Å². The number of carboxylic acid groups (broad SMARTS) is 1. The summed E-state index contributed by atoms with van der Waals surface area (Å²) < 4.78 is 27.7. The quantitative estimate of drug-likeness (QED) is 0.142. The predicted octanol–water partition coefficient (Wildman–Crippen LogP) is 5.03. The number of rotatable bonds is 16. The lowest BCUT2D eigenvalue weighted by Crippen LogP contribution is -2.14. The van der Waals surface area contributed by atoms with Gasteiger partial charge in [-0.2, -0.15) is 0 Å². The number of phenolic OH excluding ortho intramolecular Hbond substituents is 1. The van der Waals surface area contributed by atoms with Gasteiger partial charge in [0.05, 0.1) is 40.1 Å². The molecule has 2 N–H and O–H groups in total. The van der Waals surface area contributed by atoms with Gasteiger partial charge in [-0.3, -0.25) is 4.79 Å². The number of carbonyl (C=O) groups is 2. The Hall–Kier alpha value is -3.96. The molecule has 1 heterocycles. The average Bonchev–Trinajstić information content (AvgIpc) is 3.34. The third-order valence-corrected chi connectivity index (χ3v) is 7.04. The number of methoxy groups -OCH3 is 1. The molecule has 0 fully saturated rings. The number of phenols is 1.